The van der Waals surface area contributed by atoms with Crippen LogP contribution in [-0.4, -0.2) is 51.6 Å². The van der Waals surface area contributed by atoms with Crippen LogP contribution in [-0.2, 0) is 21.7 Å². The van der Waals surface area contributed by atoms with E-state index >= 15 is 0 Å². The van der Waals surface area contributed by atoms with Crippen LogP contribution in [0.15, 0.2) is 36.4 Å². The summed E-state index contributed by atoms with van der Waals surface area (Å²) in [5, 5.41) is 10.9. The van der Waals surface area contributed by atoms with E-state index in [4.69, 9.17) is 10.5 Å². The van der Waals surface area contributed by atoms with Crippen LogP contribution in [0.4, 0.5) is 11.4 Å². The minimum atomic E-state index is -0.118. The third-order valence-electron chi connectivity index (χ3n) is 6.53. The summed E-state index contributed by atoms with van der Waals surface area (Å²) in [6.45, 7) is 17.8. The summed E-state index contributed by atoms with van der Waals surface area (Å²) in [6, 6.07) is 13.3. The van der Waals surface area contributed by atoms with Crippen molar-refractivity contribution in [3.63, 3.8) is 0 Å². The molecule has 0 atom stereocenters. The predicted octanol–water partition coefficient (Wildman–Crippen LogP) is 8.97. The molecule has 0 unspecified atom stereocenters. The third kappa shape index (κ3) is 9.50. The topological polar surface area (TPSA) is 34.7 Å². The molecule has 0 radical (unpaired) electrons. The predicted molar refractivity (Wildman–Crippen MR) is 167 cm³/mol. The molecule has 4 nitrogen and oxygen atoms in total. The summed E-state index contributed by atoms with van der Waals surface area (Å²) in [7, 11) is 8.46. The second-order valence-corrected chi connectivity index (χ2v) is 11.2. The average molecular weight is 538 g/mol. The molecule has 0 heterocycles. The van der Waals surface area contributed by atoms with Crippen molar-refractivity contribution >= 4 is 25.1 Å². The van der Waals surface area contributed by atoms with E-state index in [1.54, 1.807) is 0 Å². The molecular weight excluding hydrogens is 486 g/mol. The Balaban J connectivity index is 0. The molecule has 0 saturated carbocycles. The number of hydrogen-bond donors (Lipinski definition) is 0. The minimum Gasteiger partial charge on any atom is -0.699 e. The van der Waals surface area contributed by atoms with Gasteiger partial charge < -0.3 is 34.9 Å². The van der Waals surface area contributed by atoms with E-state index in [2.05, 4.69) is 130 Å². The first kappa shape index (κ1) is 38.0. The van der Waals surface area contributed by atoms with Gasteiger partial charge in [-0.05, 0) is 51.9 Å². The molecule has 2 aromatic carbocycles. The van der Waals surface area contributed by atoms with Crippen molar-refractivity contribution in [2.75, 3.05) is 28.2 Å². The maximum Gasteiger partial charge on any atom is 4.00 e. The molecule has 0 N–H and O–H groups in total. The van der Waals surface area contributed by atoms with Gasteiger partial charge in [0.2, 0.25) is 0 Å². The van der Waals surface area contributed by atoms with Crippen LogP contribution in [0.25, 0.3) is 10.5 Å². The molecule has 0 amide bonds. The van der Waals surface area contributed by atoms with Gasteiger partial charge in [0.05, 0.1) is 13.7 Å². The monoisotopic (exact) mass is 538 g/mol. The second-order valence-electron chi connectivity index (χ2n) is 11.2. The number of nitrogens with zero attached hydrogens (tertiary/aromatic N) is 4. The van der Waals surface area contributed by atoms with Gasteiger partial charge in [-0.15, -0.1) is 11.4 Å². The van der Waals surface area contributed by atoms with Gasteiger partial charge in [-0.2, -0.15) is 0 Å². The van der Waals surface area contributed by atoms with E-state index in [1.807, 2.05) is 0 Å². The van der Waals surface area contributed by atoms with Crippen molar-refractivity contribution in [1.29, 1.82) is 0 Å². The van der Waals surface area contributed by atoms with Crippen LogP contribution >= 0.6 is 0 Å². The quantitative estimate of drug-likeness (QED) is 0.212. The van der Waals surface area contributed by atoms with Gasteiger partial charge in [-0.25, -0.2) is 0 Å². The van der Waals surface area contributed by atoms with Gasteiger partial charge in [0.15, 0.2) is 0 Å². The summed E-state index contributed by atoms with van der Waals surface area (Å²) in [4.78, 5) is 4.42. The first-order valence-corrected chi connectivity index (χ1v) is 12.9. The average Bonchev–Trinajstić information content (AvgIpc) is 2.74. The Kier molecular flexibility index (Phi) is 17.1. The largest absolute Gasteiger partial charge is 4.00 e. The van der Waals surface area contributed by atoms with E-state index in [0.717, 1.165) is 11.4 Å². The molecule has 0 aromatic heterocycles. The van der Waals surface area contributed by atoms with Crippen LogP contribution in [0, 0.1) is 14.9 Å². The molecule has 0 bridgehead atoms. The molecule has 37 heavy (non-hydrogen) atoms. The molecular formula is C30H52B2N4Ti. The fraction of sp³-hybridized carbons (Fsp3) is 0.533. The molecule has 2 aromatic rings. The van der Waals surface area contributed by atoms with Crippen LogP contribution in [0.3, 0.4) is 0 Å². The van der Waals surface area contributed by atoms with Crippen molar-refractivity contribution < 1.29 is 21.7 Å². The molecule has 0 aliphatic rings. The molecule has 2 rings (SSSR count). The van der Waals surface area contributed by atoms with Crippen molar-refractivity contribution in [2.24, 2.45) is 0 Å². The van der Waals surface area contributed by atoms with E-state index in [1.165, 1.54) is 22.3 Å². The second kappa shape index (κ2) is 16.7. The Morgan fingerprint density at radius 2 is 0.730 bits per heavy atom. The Morgan fingerprint density at radius 3 is 0.892 bits per heavy atom. The third-order valence-corrected chi connectivity index (χ3v) is 6.53. The number of benzene rings is 2. The van der Waals surface area contributed by atoms with E-state index in [0.29, 0.717) is 23.7 Å². The summed E-state index contributed by atoms with van der Waals surface area (Å²) in [6.07, 6.45) is 0. The van der Waals surface area contributed by atoms with Gasteiger partial charge in [-0.3, -0.25) is 0 Å². The Bertz CT molecular complexity index is 802. The summed E-state index contributed by atoms with van der Waals surface area (Å²) >= 11 is 0. The van der Waals surface area contributed by atoms with Crippen LogP contribution in [0.1, 0.15) is 101 Å². The fourth-order valence-corrected chi connectivity index (χ4v) is 4.48. The Morgan fingerprint density at radius 1 is 0.514 bits per heavy atom. The summed E-state index contributed by atoms with van der Waals surface area (Å²) in [5.74, 6) is 1.63. The Labute approximate surface area is 246 Å². The maximum atomic E-state index is 5.46. The zero-order valence-corrected chi connectivity index (χ0v) is 27.8. The van der Waals surface area contributed by atoms with Crippen molar-refractivity contribution in [2.45, 2.75) is 79.1 Å². The first-order chi connectivity index (χ1) is 15.9. The number of hydrogen-bond acceptors (Lipinski definition) is 2. The smallest absolute Gasteiger partial charge is 0.699 e. The van der Waals surface area contributed by atoms with Crippen LogP contribution in [0.2, 0.25) is 0 Å². The zero-order valence-electron chi connectivity index (χ0n) is 26.2. The van der Waals surface area contributed by atoms with Gasteiger partial charge in [0, 0.05) is 0 Å². The molecule has 0 spiro atoms. The Hall–Kier alpha value is -1.20. The van der Waals surface area contributed by atoms with Gasteiger partial charge in [0.25, 0.3) is 0 Å². The normalized spacial score (nSPS) is 11.0. The molecule has 0 aliphatic heterocycles. The molecule has 7 heteroatoms. The molecule has 0 aliphatic carbocycles. The van der Waals surface area contributed by atoms with Gasteiger partial charge in [-0.1, -0.05) is 114 Å². The summed E-state index contributed by atoms with van der Waals surface area (Å²) in [5.41, 5.74) is 7.49. The van der Waals surface area contributed by atoms with Crippen molar-refractivity contribution in [3.8, 4) is 0 Å². The molecule has 202 valence electrons. The standard InChI is InChI=1S/C28H46B2N4.2CH3.Ti/c1-19(2)23-15-13-16-24(20(3)4)27(23)31-29(33(9)10)30(34(11)12)32-28-25(21(5)6)17-14-18-26(28)22(7)8;;;/h13-22H,1-12H3;2*1H3;/q-2;2*-1;+4. The van der Waals surface area contributed by atoms with E-state index in [-0.39, 0.29) is 50.3 Å². The molecule has 0 fully saturated rings. The SMILES string of the molecule is CC(C)c1cccc(C(C)C)c1[N-]B(B([N-]c1c(C(C)C)cccc1C(C)C)N(C)C)N(C)C.[CH3-].[CH3-].[Ti+4]. The van der Waals surface area contributed by atoms with Crippen molar-refractivity contribution in [3.05, 3.63) is 84.0 Å². The van der Waals surface area contributed by atoms with Gasteiger partial charge in [0.1, 0.15) is 0 Å². The van der Waals surface area contributed by atoms with E-state index in [9.17, 15) is 0 Å². The fourth-order valence-electron chi connectivity index (χ4n) is 4.48. The number of rotatable bonds is 11. The molecule has 0 saturated heterocycles. The van der Waals surface area contributed by atoms with Gasteiger partial charge >= 0.3 is 21.7 Å². The minimum absolute atomic E-state index is 0. The summed E-state index contributed by atoms with van der Waals surface area (Å²) < 4.78 is 0. The first-order valence-electron chi connectivity index (χ1n) is 12.9. The maximum absolute atomic E-state index is 5.46. The van der Waals surface area contributed by atoms with Crippen LogP contribution in [0.5, 0.6) is 0 Å². The zero-order chi connectivity index (χ0) is 25.7. The van der Waals surface area contributed by atoms with Crippen molar-refractivity contribution in [1.82, 2.24) is 9.62 Å². The van der Waals surface area contributed by atoms with E-state index < -0.39 is 0 Å². The van der Waals surface area contributed by atoms with Crippen LogP contribution < -0.4 is 0 Å².